The molecule has 1 amide bonds. The summed E-state index contributed by atoms with van der Waals surface area (Å²) in [7, 11) is 0. The summed E-state index contributed by atoms with van der Waals surface area (Å²) in [4.78, 5) is 18.4. The normalized spacial score (nSPS) is 12.9. The molecule has 0 saturated carbocycles. The average Bonchev–Trinajstić information content (AvgIpc) is 3.23. The number of carbonyl (C=O) groups excluding carboxylic acids is 1. The third-order valence-corrected chi connectivity index (χ3v) is 5.97. The van der Waals surface area contributed by atoms with E-state index in [1.807, 2.05) is 62.4 Å². The third kappa shape index (κ3) is 15.1. The summed E-state index contributed by atoms with van der Waals surface area (Å²) in [5.41, 5.74) is 2.79. The van der Waals surface area contributed by atoms with E-state index in [0.717, 1.165) is 36.8 Å². The van der Waals surface area contributed by atoms with Crippen molar-refractivity contribution in [3.63, 3.8) is 0 Å². The van der Waals surface area contributed by atoms with E-state index in [0.29, 0.717) is 23.4 Å². The van der Waals surface area contributed by atoms with Crippen molar-refractivity contribution in [1.29, 1.82) is 0 Å². The molecule has 0 aromatic carbocycles. The van der Waals surface area contributed by atoms with Crippen molar-refractivity contribution in [2.75, 3.05) is 37.7 Å². The van der Waals surface area contributed by atoms with Crippen molar-refractivity contribution in [3.8, 4) is 0 Å². The second-order valence-electron chi connectivity index (χ2n) is 7.76. The van der Waals surface area contributed by atoms with E-state index >= 15 is 0 Å². The number of aliphatic hydroxyl groups excluding tert-OH is 1. The SMILES string of the molecule is C=C/C=C\C=C\CSC/C=C/C(=C/c1[nH]c(C)cc1C(=O)NCCN(CC)CC)C(O)N/C=C/C.O.O. The first-order valence-corrected chi connectivity index (χ1v) is 13.3. The molecule has 1 aromatic rings. The third-order valence-electron chi connectivity index (χ3n) is 5.12. The van der Waals surface area contributed by atoms with Crippen LogP contribution in [0.1, 0.15) is 42.5 Å². The van der Waals surface area contributed by atoms with Crippen LogP contribution in [0.4, 0.5) is 0 Å². The van der Waals surface area contributed by atoms with Crippen molar-refractivity contribution >= 4 is 23.7 Å². The van der Waals surface area contributed by atoms with Gasteiger partial charge in [0.05, 0.1) is 11.3 Å². The largest absolute Gasteiger partial charge is 0.412 e. The molecule has 0 fully saturated rings. The Morgan fingerprint density at radius 1 is 1.19 bits per heavy atom. The number of rotatable bonds is 17. The quantitative estimate of drug-likeness (QED) is 0.138. The van der Waals surface area contributed by atoms with E-state index in [-0.39, 0.29) is 16.9 Å². The molecule has 1 heterocycles. The summed E-state index contributed by atoms with van der Waals surface area (Å²) in [6, 6.07) is 1.84. The molecule has 0 saturated heterocycles. The lowest BCUT2D eigenvalue weighted by Crippen LogP contribution is -2.34. The number of amides is 1. The standard InChI is InChI=1S/C28H42N4O2S.2H2O/c1-6-10-11-12-13-19-35-20-14-15-24(27(33)29-16-7-2)22-26-25(21-23(5)31-26)28(34)30-17-18-32(8-3)9-4;;/h6-7,10-16,21-22,27,29,31,33H,1,8-9,17-20H2,2-5H3,(H,30,34);2*1H2/b11-10-,13-12+,15-14+,16-7+,24-22-;;. The van der Waals surface area contributed by atoms with Gasteiger partial charge >= 0.3 is 0 Å². The van der Waals surface area contributed by atoms with Gasteiger partial charge in [-0.15, -0.1) is 0 Å². The number of hydrogen-bond donors (Lipinski definition) is 4. The molecule has 37 heavy (non-hydrogen) atoms. The zero-order valence-corrected chi connectivity index (χ0v) is 23.4. The predicted octanol–water partition coefficient (Wildman–Crippen LogP) is 3.16. The molecule has 208 valence electrons. The van der Waals surface area contributed by atoms with E-state index in [9.17, 15) is 9.90 Å². The Kier molecular flexibility index (Phi) is 22.0. The van der Waals surface area contributed by atoms with Crippen LogP contribution >= 0.6 is 11.8 Å². The number of nitrogens with one attached hydrogen (secondary N) is 3. The number of likely N-dealkylation sites (N-methyl/N-ethyl adjacent to an activating group) is 1. The fourth-order valence-electron chi connectivity index (χ4n) is 3.21. The average molecular weight is 535 g/mol. The number of aryl methyl sites for hydroxylation is 1. The van der Waals surface area contributed by atoms with Crippen LogP contribution in [0.15, 0.2) is 73.0 Å². The topological polar surface area (TPSA) is 143 Å². The van der Waals surface area contributed by atoms with Crippen molar-refractivity contribution in [3.05, 3.63) is 90.0 Å². The number of nitrogens with zero attached hydrogens (tertiary/aromatic N) is 1. The molecule has 1 aromatic heterocycles. The molecule has 1 rings (SSSR count). The molecule has 8 nitrogen and oxygen atoms in total. The molecule has 9 heteroatoms. The Balaban J connectivity index is 0. The molecule has 0 aliphatic rings. The van der Waals surface area contributed by atoms with Gasteiger partial charge in [0.25, 0.3) is 5.91 Å². The summed E-state index contributed by atoms with van der Waals surface area (Å²) in [5, 5.41) is 16.6. The Hall–Kier alpha value is -2.82. The predicted molar refractivity (Wildman–Crippen MR) is 160 cm³/mol. The summed E-state index contributed by atoms with van der Waals surface area (Å²) in [6.45, 7) is 15.0. The lowest BCUT2D eigenvalue weighted by atomic mass is 10.1. The van der Waals surface area contributed by atoms with E-state index in [1.165, 1.54) is 0 Å². The highest BCUT2D eigenvalue weighted by Crippen LogP contribution is 2.17. The molecular formula is C28H46N4O4S. The monoisotopic (exact) mass is 534 g/mol. The van der Waals surface area contributed by atoms with Gasteiger partial charge in [0.15, 0.2) is 0 Å². The van der Waals surface area contributed by atoms with E-state index in [4.69, 9.17) is 0 Å². The number of thioether (sulfide) groups is 1. The lowest BCUT2D eigenvalue weighted by Gasteiger charge is -2.18. The molecule has 0 bridgehead atoms. The van der Waals surface area contributed by atoms with Crippen molar-refractivity contribution in [2.45, 2.75) is 33.9 Å². The number of allylic oxidation sites excluding steroid dienone is 5. The molecule has 1 atom stereocenters. The molecule has 0 aliphatic heterocycles. The number of aliphatic hydroxyl groups is 1. The molecular weight excluding hydrogens is 488 g/mol. The van der Waals surface area contributed by atoms with Gasteiger partial charge in [0.1, 0.15) is 6.23 Å². The first-order chi connectivity index (χ1) is 17.0. The zero-order chi connectivity index (χ0) is 25.9. The fraction of sp³-hybridized carbons (Fsp3) is 0.393. The molecule has 0 aliphatic carbocycles. The van der Waals surface area contributed by atoms with Crippen LogP contribution in [0.25, 0.3) is 6.08 Å². The maximum atomic E-state index is 12.9. The van der Waals surface area contributed by atoms with Crippen LogP contribution in [0.3, 0.4) is 0 Å². The minimum Gasteiger partial charge on any atom is -0.412 e. The minimum absolute atomic E-state index is 0. The van der Waals surface area contributed by atoms with Crippen molar-refractivity contribution < 1.29 is 20.9 Å². The summed E-state index contributed by atoms with van der Waals surface area (Å²) >= 11 is 1.76. The Labute approximate surface area is 226 Å². The fourth-order valence-corrected chi connectivity index (χ4v) is 3.82. The van der Waals surface area contributed by atoms with Gasteiger partial charge in [-0.25, -0.2) is 0 Å². The number of aromatic nitrogens is 1. The Morgan fingerprint density at radius 3 is 2.54 bits per heavy atom. The van der Waals surface area contributed by atoms with Crippen LogP contribution in [0, 0.1) is 6.92 Å². The van der Waals surface area contributed by atoms with Gasteiger partial charge in [0, 0.05) is 35.9 Å². The maximum absolute atomic E-state index is 12.9. The molecule has 0 radical (unpaired) electrons. The minimum atomic E-state index is -0.904. The summed E-state index contributed by atoms with van der Waals surface area (Å²) in [5.74, 6) is 1.56. The van der Waals surface area contributed by atoms with Gasteiger partial charge in [0.2, 0.25) is 0 Å². The highest BCUT2D eigenvalue weighted by Gasteiger charge is 2.15. The smallest absolute Gasteiger partial charge is 0.253 e. The Morgan fingerprint density at radius 2 is 1.89 bits per heavy atom. The first-order valence-electron chi connectivity index (χ1n) is 12.1. The van der Waals surface area contributed by atoms with Crippen LogP contribution in [0.5, 0.6) is 0 Å². The molecule has 8 N–H and O–H groups in total. The number of hydrogen-bond acceptors (Lipinski definition) is 5. The number of carbonyl (C=O) groups is 1. The van der Waals surface area contributed by atoms with E-state index in [1.54, 1.807) is 24.0 Å². The first kappa shape index (κ1) is 36.3. The molecule has 0 spiro atoms. The van der Waals surface area contributed by atoms with Gasteiger partial charge in [-0.1, -0.05) is 69.0 Å². The van der Waals surface area contributed by atoms with E-state index in [2.05, 4.69) is 47.0 Å². The van der Waals surface area contributed by atoms with Crippen LogP contribution in [-0.4, -0.2) is 75.8 Å². The number of H-pyrrole nitrogens is 1. The van der Waals surface area contributed by atoms with Crippen molar-refractivity contribution in [1.82, 2.24) is 20.5 Å². The summed E-state index contributed by atoms with van der Waals surface area (Å²) < 4.78 is 0. The molecule has 1 unspecified atom stereocenters. The van der Waals surface area contributed by atoms with E-state index < -0.39 is 6.23 Å². The maximum Gasteiger partial charge on any atom is 0.253 e. The highest BCUT2D eigenvalue weighted by molar-refractivity contribution is 7.99. The van der Waals surface area contributed by atoms with Gasteiger partial charge in [-0.2, -0.15) is 11.8 Å². The van der Waals surface area contributed by atoms with Crippen molar-refractivity contribution in [2.24, 2.45) is 0 Å². The van der Waals surface area contributed by atoms with Gasteiger partial charge < -0.3 is 36.6 Å². The summed E-state index contributed by atoms with van der Waals surface area (Å²) in [6.07, 6.45) is 18.0. The van der Waals surface area contributed by atoms with Crippen LogP contribution < -0.4 is 10.6 Å². The second kappa shape index (κ2) is 22.4. The lowest BCUT2D eigenvalue weighted by molar-refractivity contribution is 0.0948. The van der Waals surface area contributed by atoms with Gasteiger partial charge in [-0.05, 0) is 45.3 Å². The van der Waals surface area contributed by atoms with Crippen LogP contribution in [-0.2, 0) is 0 Å². The van der Waals surface area contributed by atoms with Crippen LogP contribution in [0.2, 0.25) is 0 Å². The highest BCUT2D eigenvalue weighted by atomic mass is 32.2. The zero-order valence-electron chi connectivity index (χ0n) is 22.6. The second-order valence-corrected chi connectivity index (χ2v) is 8.84. The number of aromatic amines is 1. The Bertz CT molecular complexity index is 915. The van der Waals surface area contributed by atoms with Gasteiger partial charge in [-0.3, -0.25) is 4.79 Å².